The second kappa shape index (κ2) is 8.02. The summed E-state index contributed by atoms with van der Waals surface area (Å²) in [5.74, 6) is 2.82. The van der Waals surface area contributed by atoms with Gasteiger partial charge in [0.2, 0.25) is 0 Å². The smallest absolute Gasteiger partial charge is 0.195 e. The zero-order chi connectivity index (χ0) is 16.7. The molecule has 0 bridgehead atoms. The first-order valence-electron chi connectivity index (χ1n) is 7.29. The lowest BCUT2D eigenvalue weighted by Gasteiger charge is -2.14. The van der Waals surface area contributed by atoms with E-state index < -0.39 is 0 Å². The maximum atomic E-state index is 5.57. The first-order chi connectivity index (χ1) is 11.2. The predicted octanol–water partition coefficient (Wildman–Crippen LogP) is 1.41. The van der Waals surface area contributed by atoms with Gasteiger partial charge in [0, 0.05) is 25.8 Å². The molecule has 1 heterocycles. The number of guanidine groups is 1. The van der Waals surface area contributed by atoms with Crippen molar-refractivity contribution in [2.45, 2.75) is 13.5 Å². The SMILES string of the molecule is CCOc1cc(NC(=NC)NCc2ncnn2C)ccc1OC. The molecule has 0 spiro atoms. The van der Waals surface area contributed by atoms with Crippen LogP contribution in [0.15, 0.2) is 29.5 Å². The minimum Gasteiger partial charge on any atom is -0.493 e. The van der Waals surface area contributed by atoms with E-state index in [1.54, 1.807) is 18.8 Å². The Balaban J connectivity index is 2.04. The number of rotatable bonds is 6. The van der Waals surface area contributed by atoms with E-state index in [1.165, 1.54) is 6.33 Å². The largest absolute Gasteiger partial charge is 0.493 e. The van der Waals surface area contributed by atoms with Crippen molar-refractivity contribution in [3.05, 3.63) is 30.4 Å². The number of nitrogens with one attached hydrogen (secondary N) is 2. The van der Waals surface area contributed by atoms with E-state index in [0.717, 1.165) is 11.5 Å². The fraction of sp³-hybridized carbons (Fsp3) is 0.400. The number of hydrogen-bond acceptors (Lipinski definition) is 5. The van der Waals surface area contributed by atoms with E-state index in [9.17, 15) is 0 Å². The highest BCUT2D eigenvalue weighted by Crippen LogP contribution is 2.30. The topological polar surface area (TPSA) is 85.6 Å². The Bertz CT molecular complexity index is 668. The van der Waals surface area contributed by atoms with Crippen LogP contribution in [0.5, 0.6) is 11.5 Å². The number of benzene rings is 1. The van der Waals surface area contributed by atoms with Crippen molar-refractivity contribution >= 4 is 11.6 Å². The van der Waals surface area contributed by atoms with Crippen LogP contribution >= 0.6 is 0 Å². The Morgan fingerprint density at radius 3 is 2.78 bits per heavy atom. The summed E-state index contributed by atoms with van der Waals surface area (Å²) < 4.78 is 12.6. The Hall–Kier alpha value is -2.77. The van der Waals surface area contributed by atoms with Crippen LogP contribution in [-0.4, -0.2) is 41.5 Å². The molecule has 0 radical (unpaired) electrons. The number of ether oxygens (including phenoxy) is 2. The molecule has 1 aromatic heterocycles. The van der Waals surface area contributed by atoms with Gasteiger partial charge in [-0.1, -0.05) is 0 Å². The highest BCUT2D eigenvalue weighted by Gasteiger charge is 2.07. The first kappa shape index (κ1) is 16.6. The molecule has 0 amide bonds. The summed E-state index contributed by atoms with van der Waals surface area (Å²) in [6.07, 6.45) is 1.52. The predicted molar refractivity (Wildman–Crippen MR) is 89.0 cm³/mol. The number of nitrogens with zero attached hydrogens (tertiary/aromatic N) is 4. The Labute approximate surface area is 135 Å². The van der Waals surface area contributed by atoms with Gasteiger partial charge in [-0.05, 0) is 19.1 Å². The number of methoxy groups -OCH3 is 1. The van der Waals surface area contributed by atoms with Crippen LogP contribution in [0, 0.1) is 0 Å². The summed E-state index contributed by atoms with van der Waals surface area (Å²) in [6.45, 7) is 3.02. The first-order valence-corrected chi connectivity index (χ1v) is 7.29. The van der Waals surface area contributed by atoms with Crippen molar-refractivity contribution in [1.82, 2.24) is 20.1 Å². The Morgan fingerprint density at radius 2 is 2.17 bits per heavy atom. The number of aromatic nitrogens is 3. The summed E-state index contributed by atoms with van der Waals surface area (Å²) in [5.41, 5.74) is 0.848. The highest BCUT2D eigenvalue weighted by atomic mass is 16.5. The zero-order valence-electron chi connectivity index (χ0n) is 13.8. The van der Waals surface area contributed by atoms with Gasteiger partial charge in [0.25, 0.3) is 0 Å². The second-order valence-electron chi connectivity index (χ2n) is 4.65. The molecule has 2 N–H and O–H groups in total. The molecule has 1 aromatic carbocycles. The minimum absolute atomic E-state index is 0.518. The van der Waals surface area contributed by atoms with Crippen LogP contribution < -0.4 is 20.1 Å². The highest BCUT2D eigenvalue weighted by molar-refractivity contribution is 5.93. The summed E-state index contributed by atoms with van der Waals surface area (Å²) in [5, 5.41) is 10.4. The van der Waals surface area contributed by atoms with Gasteiger partial charge in [0.15, 0.2) is 17.5 Å². The summed E-state index contributed by atoms with van der Waals surface area (Å²) >= 11 is 0. The van der Waals surface area contributed by atoms with Gasteiger partial charge in [0.1, 0.15) is 12.2 Å². The molecule has 124 valence electrons. The van der Waals surface area contributed by atoms with Gasteiger partial charge < -0.3 is 20.1 Å². The third-order valence-corrected chi connectivity index (χ3v) is 3.17. The van der Waals surface area contributed by atoms with Gasteiger partial charge in [-0.15, -0.1) is 0 Å². The monoisotopic (exact) mass is 318 g/mol. The Morgan fingerprint density at radius 1 is 1.35 bits per heavy atom. The standard InChI is InChI=1S/C15H22N6O2/c1-5-23-13-8-11(6-7-12(13)22-4)20-15(16-2)17-9-14-18-10-19-21(14)3/h6-8,10H,5,9H2,1-4H3,(H2,16,17,20). The minimum atomic E-state index is 0.518. The van der Waals surface area contributed by atoms with Crippen LogP contribution in [0.1, 0.15) is 12.7 Å². The quantitative estimate of drug-likeness (QED) is 0.619. The molecule has 0 unspecified atom stereocenters. The van der Waals surface area contributed by atoms with E-state index >= 15 is 0 Å². The number of hydrogen-bond donors (Lipinski definition) is 2. The molecule has 2 aromatic rings. The van der Waals surface area contributed by atoms with Crippen molar-refractivity contribution in [3.8, 4) is 11.5 Å². The molecule has 0 aliphatic carbocycles. The normalized spacial score (nSPS) is 11.2. The lowest BCUT2D eigenvalue weighted by Crippen LogP contribution is -2.31. The molecule has 0 fully saturated rings. The molecule has 0 saturated heterocycles. The van der Waals surface area contributed by atoms with Crippen LogP contribution in [0.25, 0.3) is 0 Å². The summed E-state index contributed by atoms with van der Waals surface area (Å²) in [7, 11) is 5.17. The lowest BCUT2D eigenvalue weighted by molar-refractivity contribution is 0.311. The second-order valence-corrected chi connectivity index (χ2v) is 4.65. The molecule has 2 rings (SSSR count). The van der Waals surface area contributed by atoms with Crippen molar-refractivity contribution < 1.29 is 9.47 Å². The Kier molecular flexibility index (Phi) is 5.79. The molecular weight excluding hydrogens is 296 g/mol. The van der Waals surface area contributed by atoms with Crippen molar-refractivity contribution in [3.63, 3.8) is 0 Å². The molecule has 0 aliphatic heterocycles. The third kappa shape index (κ3) is 4.35. The average molecular weight is 318 g/mol. The fourth-order valence-electron chi connectivity index (χ4n) is 1.98. The molecule has 0 saturated carbocycles. The summed E-state index contributed by atoms with van der Waals surface area (Å²) in [6, 6.07) is 5.62. The molecule has 8 heteroatoms. The van der Waals surface area contributed by atoms with E-state index in [4.69, 9.17) is 9.47 Å². The van der Waals surface area contributed by atoms with E-state index in [2.05, 4.69) is 25.7 Å². The maximum absolute atomic E-state index is 5.57. The van der Waals surface area contributed by atoms with Crippen LogP contribution in [0.2, 0.25) is 0 Å². The van der Waals surface area contributed by atoms with Crippen LogP contribution in [0.3, 0.4) is 0 Å². The van der Waals surface area contributed by atoms with Crippen LogP contribution in [-0.2, 0) is 13.6 Å². The molecular formula is C15H22N6O2. The zero-order valence-corrected chi connectivity index (χ0v) is 13.8. The lowest BCUT2D eigenvalue weighted by atomic mass is 10.2. The van der Waals surface area contributed by atoms with E-state index in [0.29, 0.717) is 30.6 Å². The van der Waals surface area contributed by atoms with Gasteiger partial charge in [-0.25, -0.2) is 4.98 Å². The number of anilines is 1. The van der Waals surface area contributed by atoms with Crippen molar-refractivity contribution in [1.29, 1.82) is 0 Å². The average Bonchev–Trinajstić information content (AvgIpc) is 2.97. The van der Waals surface area contributed by atoms with E-state index in [-0.39, 0.29) is 0 Å². The van der Waals surface area contributed by atoms with E-state index in [1.807, 2.05) is 32.2 Å². The fourth-order valence-corrected chi connectivity index (χ4v) is 1.98. The maximum Gasteiger partial charge on any atom is 0.195 e. The third-order valence-electron chi connectivity index (χ3n) is 3.17. The van der Waals surface area contributed by atoms with Gasteiger partial charge >= 0.3 is 0 Å². The molecule has 23 heavy (non-hydrogen) atoms. The number of aliphatic imine (C=N–C) groups is 1. The van der Waals surface area contributed by atoms with Crippen molar-refractivity contribution in [2.24, 2.45) is 12.0 Å². The van der Waals surface area contributed by atoms with Crippen molar-refractivity contribution in [2.75, 3.05) is 26.1 Å². The van der Waals surface area contributed by atoms with Gasteiger partial charge in [0.05, 0.1) is 20.3 Å². The molecule has 0 atom stereocenters. The number of aryl methyl sites for hydroxylation is 1. The molecule has 8 nitrogen and oxygen atoms in total. The van der Waals surface area contributed by atoms with Gasteiger partial charge in [-0.2, -0.15) is 5.10 Å². The summed E-state index contributed by atoms with van der Waals surface area (Å²) in [4.78, 5) is 8.36. The van der Waals surface area contributed by atoms with Crippen LogP contribution in [0.4, 0.5) is 5.69 Å². The molecule has 0 aliphatic rings. The van der Waals surface area contributed by atoms with Gasteiger partial charge in [-0.3, -0.25) is 9.67 Å².